The standard InChI is InChI=1S/C21H31N3O2S/c1-17(2)27(25,26)21-22-14-20(16-23-12-7-8-18(3)15-23)24(21)13-11-19-9-5-4-6-10-19/h4-6,9-10,14,17-18H,7-8,11-13,15-16H2,1-3H3/t18-/m1/s1. The topological polar surface area (TPSA) is 55.2 Å². The molecule has 5 nitrogen and oxygen atoms in total. The summed E-state index contributed by atoms with van der Waals surface area (Å²) in [4.78, 5) is 6.78. The van der Waals surface area contributed by atoms with Crippen molar-refractivity contribution in [1.29, 1.82) is 0 Å². The third kappa shape index (κ3) is 4.79. The van der Waals surface area contributed by atoms with Crippen LogP contribution in [0.4, 0.5) is 0 Å². The van der Waals surface area contributed by atoms with E-state index in [0.29, 0.717) is 12.5 Å². The first-order chi connectivity index (χ1) is 12.9. The van der Waals surface area contributed by atoms with Gasteiger partial charge in [-0.3, -0.25) is 4.90 Å². The summed E-state index contributed by atoms with van der Waals surface area (Å²) in [5, 5.41) is -0.258. The molecule has 0 radical (unpaired) electrons. The van der Waals surface area contributed by atoms with Crippen LogP contribution in [0.25, 0.3) is 0 Å². The number of aryl methyl sites for hydroxylation is 1. The minimum atomic E-state index is -3.41. The number of aromatic nitrogens is 2. The fourth-order valence-corrected chi connectivity index (χ4v) is 4.88. The van der Waals surface area contributed by atoms with E-state index < -0.39 is 15.1 Å². The van der Waals surface area contributed by atoms with E-state index in [-0.39, 0.29) is 5.16 Å². The fourth-order valence-electron chi connectivity index (χ4n) is 3.74. The molecule has 0 N–H and O–H groups in total. The van der Waals surface area contributed by atoms with Gasteiger partial charge in [-0.15, -0.1) is 0 Å². The molecule has 0 bridgehead atoms. The molecule has 148 valence electrons. The van der Waals surface area contributed by atoms with Crippen LogP contribution in [-0.4, -0.2) is 41.2 Å². The lowest BCUT2D eigenvalue weighted by Gasteiger charge is -2.31. The maximum Gasteiger partial charge on any atom is 0.228 e. The number of sulfone groups is 1. The minimum Gasteiger partial charge on any atom is -0.317 e. The van der Waals surface area contributed by atoms with Crippen molar-refractivity contribution in [3.63, 3.8) is 0 Å². The van der Waals surface area contributed by atoms with Gasteiger partial charge in [0.2, 0.25) is 15.0 Å². The SMILES string of the molecule is CC(C)S(=O)(=O)c1ncc(CN2CCC[C@@H](C)C2)n1CCc1ccccc1. The van der Waals surface area contributed by atoms with Crippen LogP contribution in [0.2, 0.25) is 0 Å². The molecule has 0 unspecified atom stereocenters. The van der Waals surface area contributed by atoms with Crippen LogP contribution in [0, 0.1) is 5.92 Å². The smallest absolute Gasteiger partial charge is 0.228 e. The second-order valence-corrected chi connectivity index (χ2v) is 10.4. The number of piperidine rings is 1. The summed E-state index contributed by atoms with van der Waals surface area (Å²) >= 11 is 0. The molecule has 1 atom stereocenters. The Hall–Kier alpha value is -1.66. The van der Waals surface area contributed by atoms with E-state index in [0.717, 1.165) is 31.7 Å². The van der Waals surface area contributed by atoms with Crippen LogP contribution in [0.3, 0.4) is 0 Å². The predicted octanol–water partition coefficient (Wildman–Crippen LogP) is 3.54. The molecule has 1 fully saturated rings. The normalized spacial score (nSPS) is 18.9. The first kappa shape index (κ1) is 20.1. The highest BCUT2D eigenvalue weighted by Gasteiger charge is 2.27. The number of nitrogens with zero attached hydrogens (tertiary/aromatic N) is 3. The van der Waals surface area contributed by atoms with Crippen molar-refractivity contribution in [2.75, 3.05) is 13.1 Å². The van der Waals surface area contributed by atoms with Gasteiger partial charge in [-0.05, 0) is 51.1 Å². The van der Waals surface area contributed by atoms with E-state index in [1.165, 1.54) is 18.4 Å². The average Bonchev–Trinajstić information content (AvgIpc) is 3.04. The van der Waals surface area contributed by atoms with E-state index in [1.54, 1.807) is 20.0 Å². The van der Waals surface area contributed by atoms with Gasteiger partial charge in [0.25, 0.3) is 0 Å². The van der Waals surface area contributed by atoms with Crippen LogP contribution in [0.15, 0.2) is 41.7 Å². The quantitative estimate of drug-likeness (QED) is 0.727. The molecule has 1 aromatic carbocycles. The highest BCUT2D eigenvalue weighted by atomic mass is 32.2. The maximum atomic E-state index is 12.8. The van der Waals surface area contributed by atoms with Gasteiger partial charge in [0.05, 0.1) is 17.1 Å². The molecule has 0 aliphatic carbocycles. The van der Waals surface area contributed by atoms with E-state index >= 15 is 0 Å². The molecule has 0 spiro atoms. The molecule has 1 aromatic heterocycles. The second kappa shape index (κ2) is 8.57. The number of hydrogen-bond acceptors (Lipinski definition) is 4. The van der Waals surface area contributed by atoms with E-state index in [2.05, 4.69) is 28.9 Å². The first-order valence-corrected chi connectivity index (χ1v) is 11.5. The van der Waals surface area contributed by atoms with Crippen molar-refractivity contribution >= 4 is 9.84 Å². The van der Waals surface area contributed by atoms with Crippen molar-refractivity contribution in [3.8, 4) is 0 Å². The lowest BCUT2D eigenvalue weighted by atomic mass is 10.0. The van der Waals surface area contributed by atoms with E-state index in [1.807, 2.05) is 22.8 Å². The Morgan fingerprint density at radius 1 is 1.22 bits per heavy atom. The third-order valence-electron chi connectivity index (χ3n) is 5.37. The van der Waals surface area contributed by atoms with Gasteiger partial charge in [-0.2, -0.15) is 0 Å². The molecular weight excluding hydrogens is 358 g/mol. The van der Waals surface area contributed by atoms with E-state index in [9.17, 15) is 8.42 Å². The Kier molecular flexibility index (Phi) is 6.37. The summed E-state index contributed by atoms with van der Waals surface area (Å²) in [5.41, 5.74) is 2.20. The Morgan fingerprint density at radius 2 is 1.96 bits per heavy atom. The summed E-state index contributed by atoms with van der Waals surface area (Å²) in [7, 11) is -3.41. The summed E-state index contributed by atoms with van der Waals surface area (Å²) in [6.07, 6.45) is 5.04. The summed E-state index contributed by atoms with van der Waals surface area (Å²) in [5.74, 6) is 0.693. The van der Waals surface area contributed by atoms with Crippen molar-refractivity contribution in [2.24, 2.45) is 5.92 Å². The molecule has 3 rings (SSSR count). The van der Waals surface area contributed by atoms with Crippen LogP contribution in [0.5, 0.6) is 0 Å². The zero-order valence-electron chi connectivity index (χ0n) is 16.6. The monoisotopic (exact) mass is 389 g/mol. The number of rotatable bonds is 7. The van der Waals surface area contributed by atoms with Gasteiger partial charge >= 0.3 is 0 Å². The molecule has 27 heavy (non-hydrogen) atoms. The summed E-state index contributed by atoms with van der Waals surface area (Å²) in [6.45, 7) is 9.25. The third-order valence-corrected chi connectivity index (χ3v) is 7.45. The molecule has 0 amide bonds. The van der Waals surface area contributed by atoms with E-state index in [4.69, 9.17) is 0 Å². The second-order valence-electron chi connectivity index (χ2n) is 8.00. The molecular formula is C21H31N3O2S. The van der Waals surface area contributed by atoms with Crippen LogP contribution in [0.1, 0.15) is 44.9 Å². The minimum absolute atomic E-state index is 0.216. The lowest BCUT2D eigenvalue weighted by molar-refractivity contribution is 0.172. The highest BCUT2D eigenvalue weighted by Crippen LogP contribution is 2.22. The first-order valence-electron chi connectivity index (χ1n) is 9.92. The van der Waals surface area contributed by atoms with Gasteiger partial charge < -0.3 is 4.57 Å². The predicted molar refractivity (Wildman–Crippen MR) is 108 cm³/mol. The Morgan fingerprint density at radius 3 is 2.63 bits per heavy atom. The molecule has 2 heterocycles. The molecule has 1 saturated heterocycles. The van der Waals surface area contributed by atoms with Gasteiger partial charge in [-0.1, -0.05) is 37.3 Å². The number of imidazole rings is 1. The molecule has 1 aliphatic rings. The van der Waals surface area contributed by atoms with Crippen LogP contribution >= 0.6 is 0 Å². The Balaban J connectivity index is 1.87. The van der Waals surface area contributed by atoms with Crippen molar-refractivity contribution < 1.29 is 8.42 Å². The Bertz CT molecular complexity index is 844. The average molecular weight is 390 g/mol. The van der Waals surface area contributed by atoms with Crippen LogP contribution < -0.4 is 0 Å². The zero-order chi connectivity index (χ0) is 19.4. The number of benzene rings is 1. The maximum absolute atomic E-state index is 12.8. The van der Waals surface area contributed by atoms with Gasteiger partial charge in [-0.25, -0.2) is 13.4 Å². The molecule has 0 saturated carbocycles. The van der Waals surface area contributed by atoms with Crippen LogP contribution in [-0.2, 0) is 29.3 Å². The van der Waals surface area contributed by atoms with Gasteiger partial charge in [0.15, 0.2) is 0 Å². The molecule has 1 aliphatic heterocycles. The fraction of sp³-hybridized carbons (Fsp3) is 0.571. The zero-order valence-corrected chi connectivity index (χ0v) is 17.5. The lowest BCUT2D eigenvalue weighted by Crippen LogP contribution is -2.34. The summed E-state index contributed by atoms with van der Waals surface area (Å²) < 4.78 is 27.6. The van der Waals surface area contributed by atoms with Crippen molar-refractivity contribution in [2.45, 2.75) is 63.5 Å². The van der Waals surface area contributed by atoms with Crippen molar-refractivity contribution in [1.82, 2.24) is 14.5 Å². The van der Waals surface area contributed by atoms with Gasteiger partial charge in [0, 0.05) is 19.6 Å². The number of hydrogen-bond donors (Lipinski definition) is 0. The Labute approximate surface area is 163 Å². The van der Waals surface area contributed by atoms with Gasteiger partial charge in [0.1, 0.15) is 0 Å². The highest BCUT2D eigenvalue weighted by molar-refractivity contribution is 7.91. The molecule has 6 heteroatoms. The molecule has 2 aromatic rings. The number of likely N-dealkylation sites (tertiary alicyclic amines) is 1. The largest absolute Gasteiger partial charge is 0.317 e. The van der Waals surface area contributed by atoms with Crippen molar-refractivity contribution in [3.05, 3.63) is 47.8 Å². The summed E-state index contributed by atoms with van der Waals surface area (Å²) in [6, 6.07) is 10.2.